The van der Waals surface area contributed by atoms with Crippen molar-refractivity contribution in [3.8, 4) is 11.3 Å². The lowest BCUT2D eigenvalue weighted by Crippen LogP contribution is -2.27. The van der Waals surface area contributed by atoms with Gasteiger partial charge < -0.3 is 14.8 Å². The van der Waals surface area contributed by atoms with Crippen LogP contribution in [0.25, 0.3) is 11.3 Å². The molecule has 1 atom stereocenters. The van der Waals surface area contributed by atoms with Crippen LogP contribution in [0.3, 0.4) is 0 Å². The van der Waals surface area contributed by atoms with E-state index in [2.05, 4.69) is 5.32 Å². The van der Waals surface area contributed by atoms with Crippen LogP contribution in [0, 0.1) is 0 Å². The third kappa shape index (κ3) is 3.24. The maximum Gasteiger partial charge on any atom is 0.252 e. The Hall–Kier alpha value is -1.89. The van der Waals surface area contributed by atoms with Crippen molar-refractivity contribution in [1.82, 2.24) is 5.32 Å². The molecule has 0 aliphatic carbocycles. The Morgan fingerprint density at radius 3 is 2.71 bits per heavy atom. The first-order chi connectivity index (χ1) is 10.2. The van der Waals surface area contributed by atoms with Gasteiger partial charge in [-0.05, 0) is 35.0 Å². The molecule has 0 unspecified atom stereocenters. The molecule has 1 amide bonds. The summed E-state index contributed by atoms with van der Waals surface area (Å²) in [5.41, 5.74) is 1.59. The van der Waals surface area contributed by atoms with Crippen LogP contribution >= 0.6 is 22.7 Å². The Morgan fingerprint density at radius 2 is 2.00 bits per heavy atom. The highest BCUT2D eigenvalue weighted by molar-refractivity contribution is 7.08. The standard InChI is InChI=1S/C15H13NO3S2/c17-12(7-16-15(18)11-4-6-21-9-11)14-2-1-13(19-14)10-3-5-20-8-10/h1-6,8-9,12,17H,7H2,(H,16,18)/t12-/m1/s1. The third-order valence-electron chi connectivity index (χ3n) is 3.00. The summed E-state index contributed by atoms with van der Waals surface area (Å²) in [5.74, 6) is 0.969. The van der Waals surface area contributed by atoms with Crippen molar-refractivity contribution in [2.45, 2.75) is 6.10 Å². The number of nitrogens with one attached hydrogen (secondary N) is 1. The Balaban J connectivity index is 1.61. The Labute approximate surface area is 129 Å². The number of hydrogen-bond donors (Lipinski definition) is 2. The number of aliphatic hydroxyl groups excluding tert-OH is 1. The zero-order valence-corrected chi connectivity index (χ0v) is 12.6. The van der Waals surface area contributed by atoms with E-state index in [-0.39, 0.29) is 12.5 Å². The fourth-order valence-corrected chi connectivity index (χ4v) is 3.16. The van der Waals surface area contributed by atoms with Crippen molar-refractivity contribution in [2.24, 2.45) is 0 Å². The van der Waals surface area contributed by atoms with Crippen LogP contribution in [0.2, 0.25) is 0 Å². The van der Waals surface area contributed by atoms with Gasteiger partial charge in [0.15, 0.2) is 0 Å². The van der Waals surface area contributed by atoms with E-state index in [0.29, 0.717) is 11.3 Å². The van der Waals surface area contributed by atoms with Crippen molar-refractivity contribution < 1.29 is 14.3 Å². The maximum atomic E-state index is 11.8. The molecule has 6 heteroatoms. The largest absolute Gasteiger partial charge is 0.458 e. The lowest BCUT2D eigenvalue weighted by atomic mass is 10.2. The highest BCUT2D eigenvalue weighted by atomic mass is 32.1. The monoisotopic (exact) mass is 319 g/mol. The second-order valence-electron chi connectivity index (χ2n) is 4.45. The van der Waals surface area contributed by atoms with E-state index >= 15 is 0 Å². The van der Waals surface area contributed by atoms with Crippen LogP contribution in [0.1, 0.15) is 22.2 Å². The molecular formula is C15H13NO3S2. The van der Waals surface area contributed by atoms with E-state index in [0.717, 1.165) is 11.3 Å². The normalized spacial score (nSPS) is 12.2. The quantitative estimate of drug-likeness (QED) is 0.756. The van der Waals surface area contributed by atoms with Crippen LogP contribution in [-0.2, 0) is 0 Å². The summed E-state index contributed by atoms with van der Waals surface area (Å²) in [5, 5.41) is 20.3. The van der Waals surface area contributed by atoms with Gasteiger partial charge in [-0.25, -0.2) is 0 Å². The van der Waals surface area contributed by atoms with Gasteiger partial charge in [-0.15, -0.1) is 0 Å². The van der Waals surface area contributed by atoms with Gasteiger partial charge in [-0.2, -0.15) is 22.7 Å². The molecule has 0 aliphatic rings. The summed E-state index contributed by atoms with van der Waals surface area (Å²) in [6.07, 6.45) is -0.861. The number of carbonyl (C=O) groups is 1. The lowest BCUT2D eigenvalue weighted by molar-refractivity contribution is 0.0902. The molecule has 21 heavy (non-hydrogen) atoms. The average Bonchev–Trinajstić information content (AvgIpc) is 3.25. The van der Waals surface area contributed by atoms with Gasteiger partial charge in [0.05, 0.1) is 6.54 Å². The third-order valence-corrected chi connectivity index (χ3v) is 4.37. The van der Waals surface area contributed by atoms with Crippen molar-refractivity contribution in [2.75, 3.05) is 6.54 Å². The number of hydrogen-bond acceptors (Lipinski definition) is 5. The van der Waals surface area contributed by atoms with E-state index < -0.39 is 6.10 Å². The van der Waals surface area contributed by atoms with E-state index in [1.165, 1.54) is 11.3 Å². The number of thiophene rings is 2. The van der Waals surface area contributed by atoms with Gasteiger partial charge in [0.25, 0.3) is 5.91 Å². The minimum absolute atomic E-state index is 0.116. The predicted octanol–water partition coefficient (Wildman–Crippen LogP) is 3.53. The molecule has 0 fully saturated rings. The van der Waals surface area contributed by atoms with Gasteiger partial charge in [0.1, 0.15) is 17.6 Å². The molecule has 0 radical (unpaired) electrons. The van der Waals surface area contributed by atoms with Gasteiger partial charge in [0, 0.05) is 21.9 Å². The van der Waals surface area contributed by atoms with Crippen LogP contribution in [-0.4, -0.2) is 17.6 Å². The highest BCUT2D eigenvalue weighted by Crippen LogP contribution is 2.26. The maximum absolute atomic E-state index is 11.8. The fraction of sp³-hybridized carbons (Fsp3) is 0.133. The molecule has 0 aromatic carbocycles. The number of furan rings is 1. The van der Waals surface area contributed by atoms with Gasteiger partial charge in [0.2, 0.25) is 0 Å². The molecule has 2 N–H and O–H groups in total. The van der Waals surface area contributed by atoms with E-state index in [1.54, 1.807) is 28.8 Å². The lowest BCUT2D eigenvalue weighted by Gasteiger charge is -2.09. The number of aliphatic hydroxyl groups is 1. The van der Waals surface area contributed by atoms with Crippen molar-refractivity contribution in [3.63, 3.8) is 0 Å². The molecule has 3 heterocycles. The van der Waals surface area contributed by atoms with Crippen LogP contribution < -0.4 is 5.32 Å². The fourth-order valence-electron chi connectivity index (χ4n) is 1.88. The van der Waals surface area contributed by atoms with Gasteiger partial charge in [-0.1, -0.05) is 0 Å². The summed E-state index contributed by atoms with van der Waals surface area (Å²) in [6, 6.07) is 7.25. The minimum Gasteiger partial charge on any atom is -0.458 e. The molecule has 4 nitrogen and oxygen atoms in total. The molecule has 3 aromatic rings. The summed E-state index contributed by atoms with van der Waals surface area (Å²) >= 11 is 3.05. The average molecular weight is 319 g/mol. The van der Waals surface area contributed by atoms with Gasteiger partial charge >= 0.3 is 0 Å². The minimum atomic E-state index is -0.861. The predicted molar refractivity (Wildman–Crippen MR) is 83.6 cm³/mol. The second-order valence-corrected chi connectivity index (χ2v) is 6.01. The van der Waals surface area contributed by atoms with Gasteiger partial charge in [-0.3, -0.25) is 4.79 Å². The molecule has 108 valence electrons. The molecule has 3 aromatic heterocycles. The smallest absolute Gasteiger partial charge is 0.252 e. The molecule has 0 bridgehead atoms. The Morgan fingerprint density at radius 1 is 1.19 bits per heavy atom. The van der Waals surface area contributed by atoms with E-state index in [9.17, 15) is 9.90 Å². The summed E-state index contributed by atoms with van der Waals surface area (Å²) in [4.78, 5) is 11.8. The summed E-state index contributed by atoms with van der Waals surface area (Å²) in [6.45, 7) is 0.116. The van der Waals surface area contributed by atoms with E-state index in [1.807, 2.05) is 28.3 Å². The zero-order chi connectivity index (χ0) is 14.7. The number of amides is 1. The molecule has 0 aliphatic heterocycles. The Kier molecular flexibility index (Phi) is 4.19. The first kappa shape index (κ1) is 14.1. The van der Waals surface area contributed by atoms with Crippen LogP contribution in [0.4, 0.5) is 0 Å². The molecule has 0 saturated carbocycles. The van der Waals surface area contributed by atoms with Crippen molar-refractivity contribution >= 4 is 28.6 Å². The summed E-state index contributed by atoms with van der Waals surface area (Å²) in [7, 11) is 0. The zero-order valence-electron chi connectivity index (χ0n) is 11.0. The van der Waals surface area contributed by atoms with Crippen LogP contribution in [0.15, 0.2) is 50.2 Å². The topological polar surface area (TPSA) is 62.5 Å². The van der Waals surface area contributed by atoms with Crippen molar-refractivity contribution in [1.29, 1.82) is 0 Å². The van der Waals surface area contributed by atoms with Crippen LogP contribution in [0.5, 0.6) is 0 Å². The highest BCUT2D eigenvalue weighted by Gasteiger charge is 2.15. The summed E-state index contributed by atoms with van der Waals surface area (Å²) < 4.78 is 5.62. The number of rotatable bonds is 5. The number of carbonyl (C=O) groups excluding carboxylic acids is 1. The Bertz CT molecular complexity index is 701. The second kappa shape index (κ2) is 6.26. The SMILES string of the molecule is O=C(NC[C@@H](O)c1ccc(-c2ccsc2)o1)c1ccsc1. The molecule has 0 spiro atoms. The first-order valence-electron chi connectivity index (χ1n) is 6.35. The molecular weight excluding hydrogens is 306 g/mol. The van der Waals surface area contributed by atoms with E-state index in [4.69, 9.17) is 4.42 Å². The molecule has 3 rings (SSSR count). The molecule has 0 saturated heterocycles. The van der Waals surface area contributed by atoms with Crippen molar-refractivity contribution in [3.05, 3.63) is 57.1 Å². The first-order valence-corrected chi connectivity index (χ1v) is 8.23.